The zero-order valence-electron chi connectivity index (χ0n) is 14.9. The van der Waals surface area contributed by atoms with E-state index in [9.17, 15) is 9.59 Å². The molecule has 2 amide bonds. The third kappa shape index (κ3) is 4.98. The number of nitrogens with one attached hydrogen (secondary N) is 2. The van der Waals surface area contributed by atoms with Crippen LogP contribution in [0.3, 0.4) is 0 Å². The van der Waals surface area contributed by atoms with Crippen LogP contribution in [-0.2, 0) is 4.79 Å². The van der Waals surface area contributed by atoms with Gasteiger partial charge in [-0.3, -0.25) is 9.59 Å². The molecule has 27 heavy (non-hydrogen) atoms. The first-order chi connectivity index (χ1) is 13.0. The molecule has 0 radical (unpaired) electrons. The zero-order valence-corrected chi connectivity index (χ0v) is 15.7. The van der Waals surface area contributed by atoms with Crippen molar-refractivity contribution in [2.75, 3.05) is 16.4 Å². The van der Waals surface area contributed by atoms with Crippen LogP contribution in [0.2, 0.25) is 0 Å². The Balaban J connectivity index is 1.51. The lowest BCUT2D eigenvalue weighted by Gasteiger charge is -2.10. The van der Waals surface area contributed by atoms with Gasteiger partial charge >= 0.3 is 0 Å². The van der Waals surface area contributed by atoms with E-state index in [1.54, 1.807) is 42.7 Å². The highest BCUT2D eigenvalue weighted by Gasteiger charge is 2.11. The molecule has 2 N–H and O–H groups in total. The fourth-order valence-corrected chi connectivity index (χ4v) is 3.10. The van der Waals surface area contributed by atoms with Gasteiger partial charge in [-0.1, -0.05) is 11.8 Å². The molecule has 0 spiro atoms. The van der Waals surface area contributed by atoms with Crippen molar-refractivity contribution in [1.82, 2.24) is 14.8 Å². The molecule has 8 nitrogen and oxygen atoms in total. The van der Waals surface area contributed by atoms with Crippen molar-refractivity contribution < 1.29 is 14.0 Å². The normalized spacial score (nSPS) is 10.8. The number of amides is 2. The molecular weight excluding hydrogens is 366 g/mol. The van der Waals surface area contributed by atoms with Crippen LogP contribution in [0.5, 0.6) is 0 Å². The Bertz CT molecular complexity index is 903. The van der Waals surface area contributed by atoms with Crippen molar-refractivity contribution in [2.45, 2.75) is 25.0 Å². The Kier molecular flexibility index (Phi) is 5.92. The van der Waals surface area contributed by atoms with Gasteiger partial charge in [0.1, 0.15) is 6.33 Å². The first kappa shape index (κ1) is 18.7. The van der Waals surface area contributed by atoms with Crippen molar-refractivity contribution >= 4 is 35.0 Å². The molecule has 2 aromatic heterocycles. The van der Waals surface area contributed by atoms with E-state index in [0.717, 1.165) is 0 Å². The highest BCUT2D eigenvalue weighted by Crippen LogP contribution is 2.20. The lowest BCUT2D eigenvalue weighted by molar-refractivity contribution is -0.113. The van der Waals surface area contributed by atoms with E-state index in [1.807, 2.05) is 18.4 Å². The fraction of sp³-hybridized carbons (Fsp3) is 0.222. The summed E-state index contributed by atoms with van der Waals surface area (Å²) in [5, 5.41) is 14.1. The maximum Gasteiger partial charge on any atom is 0.291 e. The maximum atomic E-state index is 12.1. The van der Waals surface area contributed by atoms with Gasteiger partial charge in [-0.2, -0.15) is 0 Å². The molecule has 0 unspecified atom stereocenters. The SMILES string of the molecule is CC(C)n1cnnc1SCC(=O)Nc1ccc(NC(=O)c2ccco2)cc1. The van der Waals surface area contributed by atoms with Crippen molar-refractivity contribution in [3.8, 4) is 0 Å². The summed E-state index contributed by atoms with van der Waals surface area (Å²) in [5.41, 5.74) is 1.25. The Morgan fingerprint density at radius 3 is 2.48 bits per heavy atom. The van der Waals surface area contributed by atoms with Crippen molar-refractivity contribution in [3.05, 3.63) is 54.7 Å². The van der Waals surface area contributed by atoms with E-state index in [2.05, 4.69) is 20.8 Å². The van der Waals surface area contributed by atoms with E-state index < -0.39 is 0 Å². The van der Waals surface area contributed by atoms with E-state index >= 15 is 0 Å². The van der Waals surface area contributed by atoms with E-state index in [1.165, 1.54) is 18.0 Å². The number of furan rings is 1. The molecule has 9 heteroatoms. The minimum absolute atomic E-state index is 0.148. The number of carbonyl (C=O) groups is 2. The molecule has 0 saturated heterocycles. The molecule has 2 heterocycles. The maximum absolute atomic E-state index is 12.1. The van der Waals surface area contributed by atoms with Gasteiger partial charge in [-0.15, -0.1) is 10.2 Å². The zero-order chi connectivity index (χ0) is 19.2. The highest BCUT2D eigenvalue weighted by atomic mass is 32.2. The van der Waals surface area contributed by atoms with Gasteiger partial charge < -0.3 is 19.6 Å². The number of carbonyl (C=O) groups excluding carboxylic acids is 2. The molecule has 0 aliphatic heterocycles. The molecule has 1 aromatic carbocycles. The summed E-state index contributed by atoms with van der Waals surface area (Å²) < 4.78 is 6.95. The second kappa shape index (κ2) is 8.54. The number of thioether (sulfide) groups is 1. The van der Waals surface area contributed by atoms with Crippen LogP contribution >= 0.6 is 11.8 Å². The lowest BCUT2D eigenvalue weighted by atomic mass is 10.2. The van der Waals surface area contributed by atoms with E-state index in [4.69, 9.17) is 4.42 Å². The molecule has 0 fully saturated rings. The summed E-state index contributed by atoms with van der Waals surface area (Å²) >= 11 is 1.33. The van der Waals surface area contributed by atoms with Gasteiger partial charge in [-0.05, 0) is 50.2 Å². The molecule has 0 atom stereocenters. The quantitative estimate of drug-likeness (QED) is 0.604. The highest BCUT2D eigenvalue weighted by molar-refractivity contribution is 7.99. The first-order valence-electron chi connectivity index (χ1n) is 8.30. The van der Waals surface area contributed by atoms with Crippen LogP contribution in [0, 0.1) is 0 Å². The molecule has 3 aromatic rings. The van der Waals surface area contributed by atoms with E-state index in [0.29, 0.717) is 16.5 Å². The number of nitrogens with zero attached hydrogens (tertiary/aromatic N) is 3. The predicted octanol–water partition coefficient (Wildman–Crippen LogP) is 3.44. The summed E-state index contributed by atoms with van der Waals surface area (Å²) in [5.74, 6) is -0.0191. The lowest BCUT2D eigenvalue weighted by Crippen LogP contribution is -2.15. The smallest absolute Gasteiger partial charge is 0.291 e. The summed E-state index contributed by atoms with van der Waals surface area (Å²) in [4.78, 5) is 24.1. The van der Waals surface area contributed by atoms with Crippen LogP contribution in [0.4, 0.5) is 11.4 Å². The number of aromatic nitrogens is 3. The Morgan fingerprint density at radius 1 is 1.15 bits per heavy atom. The summed E-state index contributed by atoms with van der Waals surface area (Å²) in [6.07, 6.45) is 3.09. The standard InChI is InChI=1S/C18H19N5O3S/c1-12(2)23-11-19-22-18(23)27-10-16(24)20-13-5-7-14(8-6-13)21-17(25)15-4-3-9-26-15/h3-9,11-12H,10H2,1-2H3,(H,20,24)(H,21,25). The molecule has 0 aliphatic carbocycles. The fourth-order valence-electron chi connectivity index (χ4n) is 2.25. The second-order valence-corrected chi connectivity index (χ2v) is 6.90. The molecular formula is C18H19N5O3S. The number of hydrogen-bond acceptors (Lipinski definition) is 6. The van der Waals surface area contributed by atoms with Gasteiger partial charge in [0.05, 0.1) is 12.0 Å². The van der Waals surface area contributed by atoms with Crippen LogP contribution in [0.15, 0.2) is 58.6 Å². The summed E-state index contributed by atoms with van der Waals surface area (Å²) in [6, 6.07) is 10.3. The minimum atomic E-state index is -0.331. The molecule has 3 rings (SSSR count). The first-order valence-corrected chi connectivity index (χ1v) is 9.28. The van der Waals surface area contributed by atoms with Gasteiger partial charge in [-0.25, -0.2) is 0 Å². The average Bonchev–Trinajstić information content (AvgIpc) is 3.33. The molecule has 0 bridgehead atoms. The summed E-state index contributed by atoms with van der Waals surface area (Å²) in [6.45, 7) is 4.05. The average molecular weight is 385 g/mol. The molecule has 140 valence electrons. The Hall–Kier alpha value is -3.07. The number of hydrogen-bond donors (Lipinski definition) is 2. The van der Waals surface area contributed by atoms with Gasteiger partial charge in [0.25, 0.3) is 5.91 Å². The van der Waals surface area contributed by atoms with Gasteiger partial charge in [0.15, 0.2) is 10.9 Å². The van der Waals surface area contributed by atoms with Crippen molar-refractivity contribution in [1.29, 1.82) is 0 Å². The third-order valence-electron chi connectivity index (χ3n) is 3.60. The minimum Gasteiger partial charge on any atom is -0.459 e. The second-order valence-electron chi connectivity index (χ2n) is 5.96. The number of rotatable bonds is 7. The molecule has 0 saturated carbocycles. The Morgan fingerprint density at radius 2 is 1.85 bits per heavy atom. The number of benzene rings is 1. The largest absolute Gasteiger partial charge is 0.459 e. The van der Waals surface area contributed by atoms with Gasteiger partial charge in [0.2, 0.25) is 5.91 Å². The van der Waals surface area contributed by atoms with Crippen molar-refractivity contribution in [2.24, 2.45) is 0 Å². The summed E-state index contributed by atoms with van der Waals surface area (Å²) in [7, 11) is 0. The molecule has 0 aliphatic rings. The topological polar surface area (TPSA) is 102 Å². The third-order valence-corrected chi connectivity index (χ3v) is 4.56. The predicted molar refractivity (Wildman–Crippen MR) is 103 cm³/mol. The van der Waals surface area contributed by atoms with Crippen molar-refractivity contribution in [3.63, 3.8) is 0 Å². The van der Waals surface area contributed by atoms with Gasteiger partial charge in [0, 0.05) is 17.4 Å². The number of anilines is 2. The van der Waals surface area contributed by atoms with E-state index in [-0.39, 0.29) is 29.4 Å². The van der Waals surface area contributed by atoms with Crippen LogP contribution < -0.4 is 10.6 Å². The van der Waals surface area contributed by atoms with Crippen LogP contribution in [-0.4, -0.2) is 32.3 Å². The monoisotopic (exact) mass is 385 g/mol. The van der Waals surface area contributed by atoms with Crippen LogP contribution in [0.1, 0.15) is 30.4 Å². The van der Waals surface area contributed by atoms with Crippen LogP contribution in [0.25, 0.3) is 0 Å². The Labute approximate surface area is 160 Å².